The molecular weight excluding hydrogens is 366 g/mol. The normalized spacial score (nSPS) is 12.4. The second-order valence-electron chi connectivity index (χ2n) is 4.70. The molecule has 0 aliphatic carbocycles. The van der Waals surface area contributed by atoms with Gasteiger partial charge in [-0.2, -0.15) is 0 Å². The first-order valence-corrected chi connectivity index (χ1v) is 8.73. The summed E-state index contributed by atoms with van der Waals surface area (Å²) in [6.07, 6.45) is 0.940. The summed E-state index contributed by atoms with van der Waals surface area (Å²) in [5.74, 6) is 0. The van der Waals surface area contributed by atoms with Crippen molar-refractivity contribution in [3.05, 3.63) is 71.8 Å². The Balaban J connectivity index is 2.01. The van der Waals surface area contributed by atoms with Crippen molar-refractivity contribution in [3.8, 4) is 0 Å². The molecule has 2 aromatic rings. The van der Waals surface area contributed by atoms with E-state index in [-0.39, 0.29) is 0 Å². The molecule has 0 spiro atoms. The van der Waals surface area contributed by atoms with Gasteiger partial charge in [0.25, 0.3) is 0 Å². The van der Waals surface area contributed by atoms with E-state index in [0.29, 0.717) is 12.8 Å². The van der Waals surface area contributed by atoms with Crippen molar-refractivity contribution in [2.24, 2.45) is 0 Å². The first-order valence-electron chi connectivity index (χ1n) is 6.40. The molecule has 5 heteroatoms. The fourth-order valence-electron chi connectivity index (χ4n) is 1.96. The SMILES string of the molecule is ClC(Cl)(Cc1ccccc1)SC(Cl)(Cl)Cc1ccccc1. The van der Waals surface area contributed by atoms with E-state index in [2.05, 4.69) is 0 Å². The zero-order valence-corrected chi connectivity index (χ0v) is 14.9. The highest BCUT2D eigenvalue weighted by Gasteiger charge is 2.37. The van der Waals surface area contributed by atoms with Crippen LogP contribution in [0.25, 0.3) is 0 Å². The smallest absolute Gasteiger partial charge is 0.0889 e. The molecule has 2 rings (SSSR count). The summed E-state index contributed by atoms with van der Waals surface area (Å²) < 4.78 is -2.17. The van der Waals surface area contributed by atoms with Crippen LogP contribution in [0, 0.1) is 0 Å². The summed E-state index contributed by atoms with van der Waals surface area (Å²) in [7, 11) is 0. The number of hydrogen-bond acceptors (Lipinski definition) is 1. The first kappa shape index (κ1) is 17.3. The quantitative estimate of drug-likeness (QED) is 0.518. The minimum atomic E-state index is -1.08. The third kappa shape index (κ3) is 6.30. The monoisotopic (exact) mass is 378 g/mol. The van der Waals surface area contributed by atoms with E-state index in [4.69, 9.17) is 46.4 Å². The Morgan fingerprint density at radius 3 is 1.29 bits per heavy atom. The fourth-order valence-corrected chi connectivity index (χ4v) is 5.54. The third-order valence-corrected chi connectivity index (χ3v) is 5.15. The van der Waals surface area contributed by atoms with Gasteiger partial charge in [-0.15, -0.1) is 0 Å². The Labute approximate surface area is 149 Å². The fraction of sp³-hybridized carbons (Fsp3) is 0.250. The summed E-state index contributed by atoms with van der Waals surface area (Å²) in [6.45, 7) is 0. The van der Waals surface area contributed by atoms with Gasteiger partial charge < -0.3 is 0 Å². The van der Waals surface area contributed by atoms with Crippen molar-refractivity contribution >= 4 is 58.2 Å². The topological polar surface area (TPSA) is 0 Å². The van der Waals surface area contributed by atoms with Gasteiger partial charge in [0.1, 0.15) is 0 Å². The molecule has 0 heterocycles. The van der Waals surface area contributed by atoms with Crippen molar-refractivity contribution in [3.63, 3.8) is 0 Å². The van der Waals surface area contributed by atoms with Crippen molar-refractivity contribution in [2.45, 2.75) is 20.2 Å². The van der Waals surface area contributed by atoms with Gasteiger partial charge in [0.2, 0.25) is 0 Å². The van der Waals surface area contributed by atoms with Crippen LogP contribution in [0.3, 0.4) is 0 Å². The molecule has 0 aromatic heterocycles. The number of thioether (sulfide) groups is 1. The lowest BCUT2D eigenvalue weighted by atomic mass is 10.2. The molecule has 0 radical (unpaired) electrons. The van der Waals surface area contributed by atoms with Crippen LogP contribution in [0.15, 0.2) is 60.7 Å². The Hall–Kier alpha value is -0.0500. The van der Waals surface area contributed by atoms with Crippen molar-refractivity contribution in [1.29, 1.82) is 0 Å². The summed E-state index contributed by atoms with van der Waals surface area (Å²) in [5.41, 5.74) is 2.08. The maximum absolute atomic E-state index is 6.38. The van der Waals surface area contributed by atoms with Crippen molar-refractivity contribution < 1.29 is 0 Å². The van der Waals surface area contributed by atoms with Crippen molar-refractivity contribution in [1.82, 2.24) is 0 Å². The first-order chi connectivity index (χ1) is 9.86. The highest BCUT2D eigenvalue weighted by atomic mass is 35.5. The number of alkyl halides is 4. The average Bonchev–Trinajstić information content (AvgIpc) is 2.38. The summed E-state index contributed by atoms with van der Waals surface area (Å²) >= 11 is 26.7. The Kier molecular flexibility index (Phi) is 6.16. The molecule has 21 heavy (non-hydrogen) atoms. The second-order valence-corrected chi connectivity index (χ2v) is 10.2. The molecule has 0 aliphatic rings. The summed E-state index contributed by atoms with van der Waals surface area (Å²) in [6, 6.07) is 19.6. The molecule has 112 valence electrons. The standard InChI is InChI=1S/C16H14Cl4S/c17-15(18,11-13-7-3-1-4-8-13)21-16(19,20)12-14-9-5-2-6-10-14/h1-10H,11-12H2. The predicted molar refractivity (Wildman–Crippen MR) is 96.8 cm³/mol. The average molecular weight is 380 g/mol. The number of halogens is 4. The van der Waals surface area contributed by atoms with E-state index in [1.165, 1.54) is 0 Å². The van der Waals surface area contributed by atoms with E-state index >= 15 is 0 Å². The molecule has 0 aliphatic heterocycles. The zero-order chi connectivity index (χ0) is 15.3. The lowest BCUT2D eigenvalue weighted by molar-refractivity contribution is 0.984. The minimum Gasteiger partial charge on any atom is -0.0889 e. The van der Waals surface area contributed by atoms with E-state index < -0.39 is 7.33 Å². The van der Waals surface area contributed by atoms with Gasteiger partial charge in [-0.1, -0.05) is 119 Å². The van der Waals surface area contributed by atoms with Crippen LogP contribution in [0.5, 0.6) is 0 Å². The maximum atomic E-state index is 6.38. The van der Waals surface area contributed by atoms with Crippen LogP contribution in [-0.2, 0) is 12.8 Å². The van der Waals surface area contributed by atoms with E-state index in [1.807, 2.05) is 60.7 Å². The zero-order valence-electron chi connectivity index (χ0n) is 11.1. The Morgan fingerprint density at radius 2 is 0.952 bits per heavy atom. The molecule has 0 N–H and O–H groups in total. The van der Waals surface area contributed by atoms with Crippen LogP contribution in [0.2, 0.25) is 0 Å². The van der Waals surface area contributed by atoms with Gasteiger partial charge in [-0.25, -0.2) is 0 Å². The molecule has 0 fully saturated rings. The lowest BCUT2D eigenvalue weighted by Gasteiger charge is -2.27. The molecule has 0 unspecified atom stereocenters. The van der Waals surface area contributed by atoms with Gasteiger partial charge in [-0.05, 0) is 11.1 Å². The maximum Gasteiger partial charge on any atom is 0.170 e. The third-order valence-electron chi connectivity index (χ3n) is 2.80. The highest BCUT2D eigenvalue weighted by molar-refractivity contribution is 8.06. The molecule has 0 amide bonds. The Morgan fingerprint density at radius 1 is 0.619 bits per heavy atom. The predicted octanol–water partition coefficient (Wildman–Crippen LogP) is 6.47. The van der Waals surface area contributed by atoms with E-state index in [1.54, 1.807) is 0 Å². The van der Waals surface area contributed by atoms with Crippen molar-refractivity contribution in [2.75, 3.05) is 0 Å². The summed E-state index contributed by atoms with van der Waals surface area (Å²) in [4.78, 5) is 0. The highest BCUT2D eigenvalue weighted by Crippen LogP contribution is 2.50. The molecule has 0 saturated carbocycles. The Bertz CT molecular complexity index is 504. The van der Waals surface area contributed by atoms with Crippen LogP contribution in [0.4, 0.5) is 0 Å². The molecule has 0 bridgehead atoms. The van der Waals surface area contributed by atoms with Crippen LogP contribution < -0.4 is 0 Å². The number of rotatable bonds is 6. The van der Waals surface area contributed by atoms with Crippen LogP contribution in [0.1, 0.15) is 11.1 Å². The van der Waals surface area contributed by atoms with E-state index in [0.717, 1.165) is 22.9 Å². The molecule has 0 atom stereocenters. The second kappa shape index (κ2) is 7.48. The number of hydrogen-bond donors (Lipinski definition) is 0. The molecule has 2 aromatic carbocycles. The van der Waals surface area contributed by atoms with Gasteiger partial charge in [0.15, 0.2) is 7.33 Å². The summed E-state index contributed by atoms with van der Waals surface area (Å²) in [5, 5.41) is 0. The van der Waals surface area contributed by atoms with E-state index in [9.17, 15) is 0 Å². The largest absolute Gasteiger partial charge is 0.170 e. The van der Waals surface area contributed by atoms with Gasteiger partial charge in [0, 0.05) is 12.8 Å². The lowest BCUT2D eigenvalue weighted by Crippen LogP contribution is -2.22. The van der Waals surface area contributed by atoms with Gasteiger partial charge in [-0.3, -0.25) is 0 Å². The van der Waals surface area contributed by atoms with Crippen LogP contribution >= 0.6 is 58.2 Å². The molecule has 0 saturated heterocycles. The molecular formula is C16H14Cl4S. The molecule has 0 nitrogen and oxygen atoms in total. The van der Waals surface area contributed by atoms with Crippen LogP contribution in [-0.4, -0.2) is 7.33 Å². The number of benzene rings is 2. The van der Waals surface area contributed by atoms with Gasteiger partial charge >= 0.3 is 0 Å². The van der Waals surface area contributed by atoms with Gasteiger partial charge in [0.05, 0.1) is 0 Å². The minimum absolute atomic E-state index is 0.470.